The number of rotatable bonds is 3. The zero-order valence-electron chi connectivity index (χ0n) is 10.3. The van der Waals surface area contributed by atoms with Crippen molar-refractivity contribution < 1.29 is 4.79 Å². The van der Waals surface area contributed by atoms with Gasteiger partial charge in [0, 0.05) is 12.6 Å². The molecule has 1 amide bonds. The van der Waals surface area contributed by atoms with Gasteiger partial charge >= 0.3 is 0 Å². The molecular weight excluding hydrogens is 188 g/mol. The van der Waals surface area contributed by atoms with Crippen LogP contribution in [-0.4, -0.2) is 18.5 Å². The van der Waals surface area contributed by atoms with Crippen LogP contribution in [0.15, 0.2) is 0 Å². The average molecular weight is 212 g/mol. The molecule has 1 aliphatic carbocycles. The van der Waals surface area contributed by atoms with Crippen molar-refractivity contribution in [3.05, 3.63) is 0 Å². The van der Waals surface area contributed by atoms with E-state index in [2.05, 4.69) is 19.2 Å². The topological polar surface area (TPSA) is 55.1 Å². The van der Waals surface area contributed by atoms with Gasteiger partial charge in [-0.05, 0) is 38.5 Å². The molecule has 3 unspecified atom stereocenters. The molecule has 3 nitrogen and oxygen atoms in total. The molecule has 0 saturated heterocycles. The Bertz CT molecular complexity index is 238. The predicted molar refractivity (Wildman–Crippen MR) is 62.3 cm³/mol. The van der Waals surface area contributed by atoms with Crippen molar-refractivity contribution in [1.29, 1.82) is 0 Å². The quantitative estimate of drug-likeness (QED) is 0.745. The van der Waals surface area contributed by atoms with Gasteiger partial charge in [-0.3, -0.25) is 4.79 Å². The van der Waals surface area contributed by atoms with Crippen molar-refractivity contribution >= 4 is 5.91 Å². The van der Waals surface area contributed by atoms with Crippen LogP contribution in [0.2, 0.25) is 0 Å². The predicted octanol–water partition coefficient (Wildman–Crippen LogP) is 1.52. The molecule has 0 spiro atoms. The van der Waals surface area contributed by atoms with Gasteiger partial charge in [-0.25, -0.2) is 0 Å². The van der Waals surface area contributed by atoms with E-state index in [0.717, 1.165) is 12.3 Å². The molecule has 0 aliphatic heterocycles. The first-order valence-electron chi connectivity index (χ1n) is 5.89. The van der Waals surface area contributed by atoms with Crippen LogP contribution in [0.4, 0.5) is 0 Å². The first kappa shape index (κ1) is 12.5. The van der Waals surface area contributed by atoms with Crippen LogP contribution in [0.1, 0.15) is 40.5 Å². The number of amides is 1. The second-order valence-corrected chi connectivity index (χ2v) is 5.58. The summed E-state index contributed by atoms with van der Waals surface area (Å²) < 4.78 is 0. The highest BCUT2D eigenvalue weighted by Gasteiger charge is 2.34. The van der Waals surface area contributed by atoms with Gasteiger partial charge in [0.1, 0.15) is 0 Å². The minimum Gasteiger partial charge on any atom is -0.353 e. The standard InChI is InChI=1S/C12H24N2O/c1-8-5-6-10(9(8)2)14-11(15)12(3,4)7-13/h8-10H,5-7,13H2,1-4H3,(H,14,15). The molecule has 0 bridgehead atoms. The normalized spacial score (nSPS) is 31.7. The molecule has 0 aromatic heterocycles. The van der Waals surface area contributed by atoms with Crippen molar-refractivity contribution in [1.82, 2.24) is 5.32 Å². The van der Waals surface area contributed by atoms with Gasteiger partial charge in [-0.1, -0.05) is 13.8 Å². The van der Waals surface area contributed by atoms with E-state index in [1.54, 1.807) is 0 Å². The Morgan fingerprint density at radius 2 is 2.00 bits per heavy atom. The molecule has 3 atom stereocenters. The van der Waals surface area contributed by atoms with Crippen LogP contribution < -0.4 is 11.1 Å². The Kier molecular flexibility index (Phi) is 3.77. The van der Waals surface area contributed by atoms with Gasteiger partial charge < -0.3 is 11.1 Å². The fourth-order valence-corrected chi connectivity index (χ4v) is 2.02. The molecule has 88 valence electrons. The molecule has 1 aliphatic rings. The summed E-state index contributed by atoms with van der Waals surface area (Å²) in [6.07, 6.45) is 2.32. The monoisotopic (exact) mass is 212 g/mol. The van der Waals surface area contributed by atoms with E-state index in [1.165, 1.54) is 6.42 Å². The molecule has 0 heterocycles. The van der Waals surface area contributed by atoms with Crippen LogP contribution >= 0.6 is 0 Å². The van der Waals surface area contributed by atoms with E-state index in [1.807, 2.05) is 13.8 Å². The summed E-state index contributed by atoms with van der Waals surface area (Å²) in [5.41, 5.74) is 5.14. The molecule has 1 fully saturated rings. The summed E-state index contributed by atoms with van der Waals surface area (Å²) in [6.45, 7) is 8.66. The fourth-order valence-electron chi connectivity index (χ4n) is 2.02. The molecular formula is C12H24N2O. The number of hydrogen-bond donors (Lipinski definition) is 2. The molecule has 1 saturated carbocycles. The van der Waals surface area contributed by atoms with Crippen LogP contribution in [0.5, 0.6) is 0 Å². The van der Waals surface area contributed by atoms with E-state index >= 15 is 0 Å². The summed E-state index contributed by atoms with van der Waals surface area (Å²) in [4.78, 5) is 11.9. The SMILES string of the molecule is CC1CCC(NC(=O)C(C)(C)CN)C1C. The van der Waals surface area contributed by atoms with Crippen molar-refractivity contribution in [3.8, 4) is 0 Å². The number of nitrogens with two attached hydrogens (primary N) is 1. The third-order valence-corrected chi connectivity index (χ3v) is 3.91. The van der Waals surface area contributed by atoms with Gasteiger partial charge in [0.05, 0.1) is 5.41 Å². The molecule has 0 aromatic rings. The van der Waals surface area contributed by atoms with Crippen molar-refractivity contribution in [2.45, 2.75) is 46.6 Å². The summed E-state index contributed by atoms with van der Waals surface area (Å²) in [7, 11) is 0. The highest BCUT2D eigenvalue weighted by Crippen LogP contribution is 2.31. The zero-order chi connectivity index (χ0) is 11.6. The molecule has 1 rings (SSSR count). The lowest BCUT2D eigenvalue weighted by atomic mass is 9.91. The summed E-state index contributed by atoms with van der Waals surface area (Å²) in [5, 5.41) is 3.13. The maximum absolute atomic E-state index is 11.9. The summed E-state index contributed by atoms with van der Waals surface area (Å²) in [5.74, 6) is 1.40. The second-order valence-electron chi connectivity index (χ2n) is 5.58. The lowest BCUT2D eigenvalue weighted by Crippen LogP contribution is -2.47. The van der Waals surface area contributed by atoms with E-state index in [9.17, 15) is 4.79 Å². The third kappa shape index (κ3) is 2.71. The third-order valence-electron chi connectivity index (χ3n) is 3.91. The van der Waals surface area contributed by atoms with E-state index < -0.39 is 5.41 Å². The van der Waals surface area contributed by atoms with E-state index in [0.29, 0.717) is 18.5 Å². The van der Waals surface area contributed by atoms with Gasteiger partial charge in [-0.15, -0.1) is 0 Å². The maximum Gasteiger partial charge on any atom is 0.227 e. The van der Waals surface area contributed by atoms with Gasteiger partial charge in [0.2, 0.25) is 5.91 Å². The van der Waals surface area contributed by atoms with Crippen LogP contribution in [0.3, 0.4) is 0 Å². The minimum atomic E-state index is -0.439. The lowest BCUT2D eigenvalue weighted by molar-refractivity contribution is -0.129. The number of carbonyl (C=O) groups is 1. The molecule has 0 aromatic carbocycles. The number of nitrogens with one attached hydrogen (secondary N) is 1. The zero-order valence-corrected chi connectivity index (χ0v) is 10.3. The molecule has 3 heteroatoms. The Balaban J connectivity index is 2.53. The van der Waals surface area contributed by atoms with Gasteiger partial charge in [0.25, 0.3) is 0 Å². The Morgan fingerprint density at radius 1 is 1.40 bits per heavy atom. The highest BCUT2D eigenvalue weighted by atomic mass is 16.2. The van der Waals surface area contributed by atoms with Crippen molar-refractivity contribution in [3.63, 3.8) is 0 Å². The second kappa shape index (κ2) is 4.52. The van der Waals surface area contributed by atoms with Crippen LogP contribution in [0, 0.1) is 17.3 Å². The van der Waals surface area contributed by atoms with E-state index in [-0.39, 0.29) is 5.91 Å². The molecule has 0 radical (unpaired) electrons. The molecule has 3 N–H and O–H groups in total. The molecule has 15 heavy (non-hydrogen) atoms. The number of hydrogen-bond acceptors (Lipinski definition) is 2. The largest absolute Gasteiger partial charge is 0.353 e. The maximum atomic E-state index is 11.9. The Morgan fingerprint density at radius 3 is 2.40 bits per heavy atom. The number of carbonyl (C=O) groups excluding carboxylic acids is 1. The van der Waals surface area contributed by atoms with Gasteiger partial charge in [-0.2, -0.15) is 0 Å². The minimum absolute atomic E-state index is 0.0935. The summed E-state index contributed by atoms with van der Waals surface area (Å²) >= 11 is 0. The summed E-state index contributed by atoms with van der Waals surface area (Å²) in [6, 6.07) is 0.346. The van der Waals surface area contributed by atoms with Crippen molar-refractivity contribution in [2.24, 2.45) is 23.0 Å². The van der Waals surface area contributed by atoms with Crippen LogP contribution in [0.25, 0.3) is 0 Å². The smallest absolute Gasteiger partial charge is 0.227 e. The average Bonchev–Trinajstić information content (AvgIpc) is 2.49. The fraction of sp³-hybridized carbons (Fsp3) is 0.917. The first-order valence-corrected chi connectivity index (χ1v) is 5.89. The van der Waals surface area contributed by atoms with Gasteiger partial charge in [0.15, 0.2) is 0 Å². The van der Waals surface area contributed by atoms with Crippen molar-refractivity contribution in [2.75, 3.05) is 6.54 Å². The highest BCUT2D eigenvalue weighted by molar-refractivity contribution is 5.82. The van der Waals surface area contributed by atoms with E-state index in [4.69, 9.17) is 5.73 Å². The Hall–Kier alpha value is -0.570. The first-order chi connectivity index (χ1) is 6.88. The Labute approximate surface area is 92.8 Å². The lowest BCUT2D eigenvalue weighted by Gasteiger charge is -2.26. The van der Waals surface area contributed by atoms with Crippen LogP contribution in [-0.2, 0) is 4.79 Å².